The van der Waals surface area contributed by atoms with Crippen LogP contribution in [0.5, 0.6) is 0 Å². The molecule has 1 aromatic carbocycles. The third-order valence-corrected chi connectivity index (χ3v) is 4.77. The van der Waals surface area contributed by atoms with Crippen molar-refractivity contribution in [1.29, 1.82) is 0 Å². The van der Waals surface area contributed by atoms with E-state index in [9.17, 15) is 9.59 Å². The highest BCUT2D eigenvalue weighted by molar-refractivity contribution is 5.98. The van der Waals surface area contributed by atoms with Crippen LogP contribution in [0, 0.1) is 5.92 Å². The van der Waals surface area contributed by atoms with E-state index in [1.807, 2.05) is 30.1 Å². The summed E-state index contributed by atoms with van der Waals surface area (Å²) in [5.41, 5.74) is 1.38. The number of hydrogen-bond donors (Lipinski definition) is 1. The van der Waals surface area contributed by atoms with Crippen LogP contribution in [0.25, 0.3) is 0 Å². The van der Waals surface area contributed by atoms with Crippen LogP contribution in [0.3, 0.4) is 0 Å². The molecular formula is C18H24N2O2. The average Bonchev–Trinajstić information content (AvgIpc) is 3.39. The third kappa shape index (κ3) is 3.49. The smallest absolute Gasteiger partial charge is 0.253 e. The summed E-state index contributed by atoms with van der Waals surface area (Å²) in [6.45, 7) is 0. The number of anilines is 1. The van der Waals surface area contributed by atoms with Gasteiger partial charge >= 0.3 is 0 Å². The van der Waals surface area contributed by atoms with Crippen molar-refractivity contribution in [3.63, 3.8) is 0 Å². The maximum Gasteiger partial charge on any atom is 0.253 e. The van der Waals surface area contributed by atoms with Gasteiger partial charge in [0, 0.05) is 30.3 Å². The van der Waals surface area contributed by atoms with E-state index in [1.54, 1.807) is 6.07 Å². The van der Waals surface area contributed by atoms with Crippen molar-refractivity contribution < 1.29 is 9.59 Å². The van der Waals surface area contributed by atoms with Crippen LogP contribution < -0.4 is 5.32 Å². The molecule has 22 heavy (non-hydrogen) atoms. The minimum Gasteiger partial charge on any atom is -0.339 e. The van der Waals surface area contributed by atoms with Crippen molar-refractivity contribution in [2.75, 3.05) is 12.4 Å². The quantitative estimate of drug-likeness (QED) is 0.926. The molecule has 2 aliphatic carbocycles. The zero-order chi connectivity index (χ0) is 15.5. The number of amides is 2. The maximum atomic E-state index is 12.6. The fourth-order valence-corrected chi connectivity index (χ4v) is 3.16. The number of rotatable bonds is 4. The van der Waals surface area contributed by atoms with Gasteiger partial charge in [0.2, 0.25) is 5.91 Å². The van der Waals surface area contributed by atoms with Gasteiger partial charge < -0.3 is 10.2 Å². The van der Waals surface area contributed by atoms with E-state index in [2.05, 4.69) is 5.32 Å². The summed E-state index contributed by atoms with van der Waals surface area (Å²) in [7, 11) is 1.90. The molecule has 0 saturated heterocycles. The Labute approximate surface area is 131 Å². The minimum absolute atomic E-state index is 0.0504. The molecule has 1 N–H and O–H groups in total. The van der Waals surface area contributed by atoms with Crippen molar-refractivity contribution in [3.8, 4) is 0 Å². The third-order valence-electron chi connectivity index (χ3n) is 4.77. The lowest BCUT2D eigenvalue weighted by atomic mass is 9.94. The Hall–Kier alpha value is -1.84. The first kappa shape index (κ1) is 15.1. The molecule has 3 rings (SSSR count). The number of nitrogens with one attached hydrogen (secondary N) is 1. The van der Waals surface area contributed by atoms with E-state index in [0.29, 0.717) is 11.6 Å². The molecule has 2 amide bonds. The Balaban J connectivity index is 1.67. The number of carbonyl (C=O) groups excluding carboxylic acids is 2. The van der Waals surface area contributed by atoms with Crippen LogP contribution in [0.4, 0.5) is 5.69 Å². The molecule has 0 aliphatic heterocycles. The molecule has 118 valence electrons. The molecule has 0 atom stereocenters. The summed E-state index contributed by atoms with van der Waals surface area (Å²) in [6.07, 6.45) is 7.85. The molecule has 2 fully saturated rings. The van der Waals surface area contributed by atoms with Gasteiger partial charge in [0.1, 0.15) is 0 Å². The van der Waals surface area contributed by atoms with Crippen molar-refractivity contribution in [1.82, 2.24) is 4.90 Å². The van der Waals surface area contributed by atoms with Gasteiger partial charge in [-0.05, 0) is 43.9 Å². The Bertz CT molecular complexity index is 560. The van der Waals surface area contributed by atoms with E-state index >= 15 is 0 Å². The van der Waals surface area contributed by atoms with E-state index < -0.39 is 0 Å². The van der Waals surface area contributed by atoms with Gasteiger partial charge in [-0.1, -0.05) is 25.3 Å². The Morgan fingerprint density at radius 1 is 1.09 bits per heavy atom. The van der Waals surface area contributed by atoms with Gasteiger partial charge in [-0.2, -0.15) is 0 Å². The van der Waals surface area contributed by atoms with Crippen LogP contribution in [0.2, 0.25) is 0 Å². The molecule has 4 nitrogen and oxygen atoms in total. The van der Waals surface area contributed by atoms with Crippen molar-refractivity contribution in [3.05, 3.63) is 29.8 Å². The molecule has 0 heterocycles. The zero-order valence-electron chi connectivity index (χ0n) is 13.2. The second-order valence-corrected chi connectivity index (χ2v) is 6.55. The molecule has 0 unspecified atom stereocenters. The predicted molar refractivity (Wildman–Crippen MR) is 86.8 cm³/mol. The van der Waals surface area contributed by atoms with Crippen LogP contribution >= 0.6 is 0 Å². The monoisotopic (exact) mass is 300 g/mol. The second kappa shape index (κ2) is 6.51. The number of hydrogen-bond acceptors (Lipinski definition) is 2. The van der Waals surface area contributed by atoms with Gasteiger partial charge in [0.25, 0.3) is 5.91 Å². The largest absolute Gasteiger partial charge is 0.339 e. The first-order valence-corrected chi connectivity index (χ1v) is 8.33. The molecule has 4 heteroatoms. The fourth-order valence-electron chi connectivity index (χ4n) is 3.16. The van der Waals surface area contributed by atoms with E-state index in [-0.39, 0.29) is 17.7 Å². The SMILES string of the molecule is CN(C(=O)c1cccc(NC(=O)C2CC2)c1)C1CCCCC1. The number of carbonyl (C=O) groups is 2. The normalized spacial score (nSPS) is 18.8. The van der Waals surface area contributed by atoms with E-state index in [0.717, 1.165) is 31.4 Å². The molecular weight excluding hydrogens is 276 g/mol. The molecule has 0 bridgehead atoms. The standard InChI is InChI=1S/C18H24N2O2/c1-20(16-8-3-2-4-9-16)18(22)14-6-5-7-15(12-14)19-17(21)13-10-11-13/h5-7,12-13,16H,2-4,8-11H2,1H3,(H,19,21). The van der Waals surface area contributed by atoms with Gasteiger partial charge in [-0.15, -0.1) is 0 Å². The molecule has 0 spiro atoms. The summed E-state index contributed by atoms with van der Waals surface area (Å²) in [5.74, 6) is 0.295. The maximum absolute atomic E-state index is 12.6. The first-order valence-electron chi connectivity index (χ1n) is 8.33. The highest BCUT2D eigenvalue weighted by Gasteiger charge is 2.29. The van der Waals surface area contributed by atoms with Gasteiger partial charge in [0.05, 0.1) is 0 Å². The van der Waals surface area contributed by atoms with Crippen LogP contribution in [-0.4, -0.2) is 29.8 Å². The summed E-state index contributed by atoms with van der Waals surface area (Å²) in [4.78, 5) is 26.3. The molecule has 1 aromatic rings. The highest BCUT2D eigenvalue weighted by atomic mass is 16.2. The van der Waals surface area contributed by atoms with Gasteiger partial charge in [0.15, 0.2) is 0 Å². The minimum atomic E-state index is 0.0504. The van der Waals surface area contributed by atoms with Gasteiger partial charge in [-0.25, -0.2) is 0 Å². The van der Waals surface area contributed by atoms with Crippen LogP contribution in [-0.2, 0) is 4.79 Å². The number of benzene rings is 1. The average molecular weight is 300 g/mol. The fraction of sp³-hybridized carbons (Fsp3) is 0.556. The van der Waals surface area contributed by atoms with Crippen LogP contribution in [0.1, 0.15) is 55.3 Å². The molecule has 2 aliphatic rings. The summed E-state index contributed by atoms with van der Waals surface area (Å²) in [6, 6.07) is 7.66. The lowest BCUT2D eigenvalue weighted by Gasteiger charge is -2.31. The molecule has 0 aromatic heterocycles. The Kier molecular flexibility index (Phi) is 4.46. The lowest BCUT2D eigenvalue weighted by molar-refractivity contribution is -0.117. The lowest BCUT2D eigenvalue weighted by Crippen LogP contribution is -2.38. The summed E-state index contributed by atoms with van der Waals surface area (Å²) >= 11 is 0. The van der Waals surface area contributed by atoms with Crippen molar-refractivity contribution in [2.45, 2.75) is 51.0 Å². The molecule has 2 saturated carbocycles. The van der Waals surface area contributed by atoms with Gasteiger partial charge in [-0.3, -0.25) is 9.59 Å². The van der Waals surface area contributed by atoms with E-state index in [4.69, 9.17) is 0 Å². The predicted octanol–water partition coefficient (Wildman–Crippen LogP) is 3.44. The first-order chi connectivity index (χ1) is 10.6. The second-order valence-electron chi connectivity index (χ2n) is 6.55. The summed E-state index contributed by atoms with van der Waals surface area (Å²) in [5, 5.41) is 2.91. The van der Waals surface area contributed by atoms with E-state index in [1.165, 1.54) is 19.3 Å². The Morgan fingerprint density at radius 2 is 1.82 bits per heavy atom. The topological polar surface area (TPSA) is 49.4 Å². The summed E-state index contributed by atoms with van der Waals surface area (Å²) < 4.78 is 0. The van der Waals surface area contributed by atoms with Crippen molar-refractivity contribution >= 4 is 17.5 Å². The number of nitrogens with zero attached hydrogens (tertiary/aromatic N) is 1. The zero-order valence-corrected chi connectivity index (χ0v) is 13.2. The van der Waals surface area contributed by atoms with Crippen molar-refractivity contribution in [2.24, 2.45) is 5.92 Å². The van der Waals surface area contributed by atoms with Crippen LogP contribution in [0.15, 0.2) is 24.3 Å². The Morgan fingerprint density at radius 3 is 2.50 bits per heavy atom. The molecule has 0 radical (unpaired) electrons. The highest BCUT2D eigenvalue weighted by Crippen LogP contribution is 2.30.